The van der Waals surface area contributed by atoms with Crippen LogP contribution in [0.2, 0.25) is 5.02 Å². The molecule has 0 N–H and O–H groups in total. The number of nitriles is 1. The molecule has 3 rings (SSSR count). The summed E-state index contributed by atoms with van der Waals surface area (Å²) < 4.78 is 49.7. The number of carbonyl (C=O) groups is 2. The zero-order valence-electron chi connectivity index (χ0n) is 21.0. The van der Waals surface area contributed by atoms with Gasteiger partial charge in [-0.3, -0.25) is 19.7 Å². The van der Waals surface area contributed by atoms with Gasteiger partial charge >= 0.3 is 17.5 Å². The molecule has 1 aliphatic rings. The topological polar surface area (TPSA) is 123 Å². The van der Waals surface area contributed by atoms with Crippen LogP contribution in [0.1, 0.15) is 32.3 Å². The van der Waals surface area contributed by atoms with Gasteiger partial charge in [-0.15, -0.1) is 0 Å². The summed E-state index contributed by atoms with van der Waals surface area (Å²) in [6.07, 6.45) is -4.38. The van der Waals surface area contributed by atoms with Crippen LogP contribution in [0.5, 0.6) is 11.5 Å². The SMILES string of the molecule is CC1CC(C)CN(C(=O)C(C#N)(Oc2ccccc2[N+](=O)[O-])C(=O)CCOc2ccc(C(F)(F)F)cc2Cl)C1. The zero-order valence-corrected chi connectivity index (χ0v) is 21.8. The maximum Gasteiger partial charge on any atom is 0.416 e. The quantitative estimate of drug-likeness (QED) is 0.224. The smallest absolute Gasteiger partial charge is 0.416 e. The third-order valence-electron chi connectivity index (χ3n) is 6.18. The van der Waals surface area contributed by atoms with Crippen molar-refractivity contribution in [3.8, 4) is 17.6 Å². The monoisotopic (exact) mass is 567 g/mol. The van der Waals surface area contributed by atoms with Crippen molar-refractivity contribution in [3.63, 3.8) is 0 Å². The fourth-order valence-corrected chi connectivity index (χ4v) is 4.72. The van der Waals surface area contributed by atoms with Gasteiger partial charge < -0.3 is 14.4 Å². The number of ether oxygens (including phenoxy) is 2. The average molecular weight is 568 g/mol. The number of para-hydroxylation sites is 2. The Kier molecular flexibility index (Phi) is 9.07. The summed E-state index contributed by atoms with van der Waals surface area (Å²) in [6, 6.07) is 9.07. The molecular formula is C26H25ClF3N3O6. The fraction of sp³-hybridized carbons (Fsp3) is 0.423. The standard InChI is InChI=1S/C26H25ClF3N3O6/c1-16-11-17(2)14-32(13-16)24(35)25(15-31,39-22-6-4-3-5-20(22)33(36)37)23(34)9-10-38-21-8-7-18(12-19(21)27)26(28,29)30/h3-8,12,16-17H,9-11,13-14H2,1-2H3. The van der Waals surface area contributed by atoms with E-state index in [0.717, 1.165) is 24.6 Å². The van der Waals surface area contributed by atoms with Gasteiger partial charge in [0.15, 0.2) is 5.75 Å². The Balaban J connectivity index is 1.89. The Bertz CT molecular complexity index is 1290. The van der Waals surface area contributed by atoms with E-state index >= 15 is 0 Å². The van der Waals surface area contributed by atoms with Crippen LogP contribution in [0.25, 0.3) is 0 Å². The van der Waals surface area contributed by atoms with Crippen LogP contribution in [0.4, 0.5) is 18.9 Å². The van der Waals surface area contributed by atoms with Crippen molar-refractivity contribution in [2.24, 2.45) is 11.8 Å². The second kappa shape index (κ2) is 11.9. The van der Waals surface area contributed by atoms with Crippen molar-refractivity contribution >= 4 is 29.0 Å². The van der Waals surface area contributed by atoms with Crippen LogP contribution in [0.3, 0.4) is 0 Å². The third kappa shape index (κ3) is 6.78. The van der Waals surface area contributed by atoms with E-state index in [-0.39, 0.29) is 35.7 Å². The molecule has 0 aromatic heterocycles. The maximum atomic E-state index is 13.7. The first-order valence-corrected chi connectivity index (χ1v) is 12.3. The molecule has 1 saturated heterocycles. The number of rotatable bonds is 9. The van der Waals surface area contributed by atoms with Crippen LogP contribution in [-0.4, -0.2) is 46.8 Å². The highest BCUT2D eigenvalue weighted by Gasteiger charge is 2.52. The summed E-state index contributed by atoms with van der Waals surface area (Å²) in [7, 11) is 0. The zero-order chi connectivity index (χ0) is 29.0. The molecule has 3 atom stereocenters. The summed E-state index contributed by atoms with van der Waals surface area (Å²) in [5.74, 6) is -2.46. The molecule has 3 unspecified atom stereocenters. The Morgan fingerprint density at radius 3 is 2.36 bits per heavy atom. The van der Waals surface area contributed by atoms with Crippen molar-refractivity contribution in [2.75, 3.05) is 19.7 Å². The summed E-state index contributed by atoms with van der Waals surface area (Å²) in [6.45, 7) is 3.86. The molecule has 0 radical (unpaired) electrons. The molecule has 39 heavy (non-hydrogen) atoms. The van der Waals surface area contributed by atoms with E-state index in [1.807, 2.05) is 13.8 Å². The molecular weight excluding hydrogens is 543 g/mol. The molecule has 9 nitrogen and oxygen atoms in total. The lowest BCUT2D eigenvalue weighted by Crippen LogP contribution is -2.59. The van der Waals surface area contributed by atoms with E-state index in [1.165, 1.54) is 23.1 Å². The fourth-order valence-electron chi connectivity index (χ4n) is 4.49. The highest BCUT2D eigenvalue weighted by Crippen LogP contribution is 2.35. The second-order valence-corrected chi connectivity index (χ2v) is 9.85. The molecule has 2 aromatic rings. The highest BCUT2D eigenvalue weighted by molar-refractivity contribution is 6.32. The van der Waals surface area contributed by atoms with Crippen molar-refractivity contribution in [1.29, 1.82) is 5.26 Å². The number of nitro benzene ring substituents is 1. The van der Waals surface area contributed by atoms with Gasteiger partial charge in [0.1, 0.15) is 11.8 Å². The van der Waals surface area contributed by atoms with Crippen molar-refractivity contribution in [2.45, 2.75) is 38.5 Å². The van der Waals surface area contributed by atoms with Gasteiger partial charge in [0, 0.05) is 25.6 Å². The minimum absolute atomic E-state index is 0.0698. The summed E-state index contributed by atoms with van der Waals surface area (Å²) in [5.41, 5.74) is -4.31. The molecule has 1 amide bonds. The summed E-state index contributed by atoms with van der Waals surface area (Å²) in [4.78, 5) is 39.3. The number of nitrogens with zero attached hydrogens (tertiary/aromatic N) is 3. The van der Waals surface area contributed by atoms with Crippen molar-refractivity contribution in [1.82, 2.24) is 4.90 Å². The first-order chi connectivity index (χ1) is 18.3. The number of ketones is 1. The van der Waals surface area contributed by atoms with Crippen LogP contribution >= 0.6 is 11.6 Å². The summed E-state index contributed by atoms with van der Waals surface area (Å²) in [5, 5.41) is 21.3. The average Bonchev–Trinajstić information content (AvgIpc) is 2.86. The van der Waals surface area contributed by atoms with Gasteiger partial charge in [-0.25, -0.2) is 0 Å². The molecule has 0 saturated carbocycles. The number of halogens is 4. The minimum Gasteiger partial charge on any atom is -0.492 e. The molecule has 1 heterocycles. The van der Waals surface area contributed by atoms with Crippen LogP contribution in [-0.2, 0) is 15.8 Å². The van der Waals surface area contributed by atoms with E-state index in [0.29, 0.717) is 6.07 Å². The predicted molar refractivity (Wildman–Crippen MR) is 133 cm³/mol. The Labute approximate surface area is 227 Å². The van der Waals surface area contributed by atoms with Gasteiger partial charge in [-0.1, -0.05) is 37.6 Å². The number of amides is 1. The first kappa shape index (κ1) is 29.7. The number of alkyl halides is 3. The van der Waals surface area contributed by atoms with Gasteiger partial charge in [0.2, 0.25) is 5.78 Å². The number of piperidine rings is 1. The van der Waals surface area contributed by atoms with Crippen LogP contribution in [0, 0.1) is 33.3 Å². The molecule has 2 aromatic carbocycles. The van der Waals surface area contributed by atoms with Gasteiger partial charge in [-0.2, -0.15) is 18.4 Å². The van der Waals surface area contributed by atoms with Gasteiger partial charge in [0.25, 0.3) is 5.91 Å². The Morgan fingerprint density at radius 2 is 1.79 bits per heavy atom. The molecule has 1 aliphatic heterocycles. The lowest BCUT2D eigenvalue weighted by atomic mass is 9.88. The van der Waals surface area contributed by atoms with Crippen LogP contribution < -0.4 is 9.47 Å². The largest absolute Gasteiger partial charge is 0.492 e. The highest BCUT2D eigenvalue weighted by atomic mass is 35.5. The number of benzene rings is 2. The Morgan fingerprint density at radius 1 is 1.15 bits per heavy atom. The minimum atomic E-state index is -4.62. The normalized spacial score (nSPS) is 18.9. The molecule has 208 valence electrons. The summed E-state index contributed by atoms with van der Waals surface area (Å²) >= 11 is 5.89. The van der Waals surface area contributed by atoms with Gasteiger partial charge in [-0.05, 0) is 42.5 Å². The van der Waals surface area contributed by atoms with E-state index in [2.05, 4.69) is 0 Å². The lowest BCUT2D eigenvalue weighted by Gasteiger charge is -2.38. The van der Waals surface area contributed by atoms with E-state index in [1.54, 1.807) is 6.07 Å². The predicted octanol–water partition coefficient (Wildman–Crippen LogP) is 5.45. The number of likely N-dealkylation sites (tertiary alicyclic amines) is 1. The molecule has 0 aliphatic carbocycles. The van der Waals surface area contributed by atoms with Gasteiger partial charge in [0.05, 0.1) is 22.1 Å². The molecule has 13 heteroatoms. The molecule has 0 bridgehead atoms. The van der Waals surface area contributed by atoms with Crippen molar-refractivity contribution < 1.29 is 37.2 Å². The maximum absolute atomic E-state index is 13.7. The van der Waals surface area contributed by atoms with E-state index < -0.39 is 58.4 Å². The first-order valence-electron chi connectivity index (χ1n) is 11.9. The van der Waals surface area contributed by atoms with Crippen LogP contribution in [0.15, 0.2) is 42.5 Å². The number of hydrogen-bond donors (Lipinski definition) is 0. The number of hydrogen-bond acceptors (Lipinski definition) is 7. The molecule has 1 fully saturated rings. The number of carbonyl (C=O) groups excluding carboxylic acids is 2. The number of nitro groups is 1. The molecule has 0 spiro atoms. The number of Topliss-reactive ketones (excluding diaryl/α,β-unsaturated/α-hetero) is 1. The third-order valence-corrected chi connectivity index (χ3v) is 6.47. The van der Waals surface area contributed by atoms with Crippen molar-refractivity contribution in [3.05, 3.63) is 63.2 Å². The van der Waals surface area contributed by atoms with E-state index in [9.17, 15) is 38.1 Å². The Hall–Kier alpha value is -3.85. The second-order valence-electron chi connectivity index (χ2n) is 9.44. The van der Waals surface area contributed by atoms with E-state index in [4.69, 9.17) is 21.1 Å². The lowest BCUT2D eigenvalue weighted by molar-refractivity contribution is -0.386.